The fourth-order valence-electron chi connectivity index (χ4n) is 0.835. The fraction of sp³-hybridized carbons (Fsp3) is 0.667. The third-order valence-corrected chi connectivity index (χ3v) is 2.56. The Labute approximate surface area is 190 Å². The molecule has 6 nitrogen and oxygen atoms in total. The van der Waals surface area contributed by atoms with Gasteiger partial charge in [-0.3, -0.25) is 9.59 Å². The molecular formula is C18H28F6O6Zn. The molecule has 0 aromatic carbocycles. The molecule has 0 aliphatic carbocycles. The topological polar surface area (TPSA) is 121 Å². The molecule has 0 spiro atoms. The van der Waals surface area contributed by atoms with E-state index in [-0.39, 0.29) is 31.6 Å². The number of halogens is 6. The van der Waals surface area contributed by atoms with Gasteiger partial charge in [-0.1, -0.05) is 41.5 Å². The van der Waals surface area contributed by atoms with Gasteiger partial charge >= 0.3 is 31.8 Å². The second-order valence-corrected chi connectivity index (χ2v) is 7.24. The van der Waals surface area contributed by atoms with Crippen LogP contribution in [0.3, 0.4) is 0 Å². The molecule has 0 aromatic heterocycles. The van der Waals surface area contributed by atoms with E-state index in [4.69, 9.17) is 10.2 Å². The summed E-state index contributed by atoms with van der Waals surface area (Å²) in [7, 11) is 2.00. The molecule has 0 heterocycles. The van der Waals surface area contributed by atoms with E-state index < -0.39 is 46.3 Å². The standard InChI is InChI=1S/2C8H11F3O2.2CH4O.Zn/c2*1-7(2,3)5(12)4-6(13)8(9,10)11;2*1-2;/h2*4,13H,1-3H3;2*2H,1H3;/q;;;;+2/p-2/b2*6-4-;;;. The van der Waals surface area contributed by atoms with E-state index in [0.29, 0.717) is 0 Å². The van der Waals surface area contributed by atoms with Crippen molar-refractivity contribution in [3.63, 3.8) is 0 Å². The van der Waals surface area contributed by atoms with Crippen LogP contribution in [0.2, 0.25) is 0 Å². The minimum Gasteiger partial charge on any atom is -0.869 e. The Balaban J connectivity index is -0.000000122. The first-order valence-corrected chi connectivity index (χ1v) is 8.00. The number of hydrogen-bond donors (Lipinski definition) is 2. The van der Waals surface area contributed by atoms with Gasteiger partial charge in [0, 0.05) is 25.0 Å². The van der Waals surface area contributed by atoms with Gasteiger partial charge in [-0.05, 0) is 23.7 Å². The van der Waals surface area contributed by atoms with Crippen LogP contribution in [0.25, 0.3) is 0 Å². The smallest absolute Gasteiger partial charge is 0.869 e. The number of aliphatic hydroxyl groups excluding tert-OH is 2. The molecule has 0 saturated carbocycles. The first-order valence-electron chi connectivity index (χ1n) is 8.00. The Morgan fingerprint density at radius 3 is 0.871 bits per heavy atom. The number of ketones is 2. The van der Waals surface area contributed by atoms with Gasteiger partial charge in [-0.15, -0.1) is 0 Å². The number of aliphatic hydroxyl groups is 2. The maximum atomic E-state index is 11.7. The average Bonchev–Trinajstić information content (AvgIpc) is 2.55. The van der Waals surface area contributed by atoms with Crippen molar-refractivity contribution in [2.75, 3.05) is 14.2 Å². The van der Waals surface area contributed by atoms with Crippen LogP contribution in [-0.4, -0.2) is 48.4 Å². The molecular weight excluding hydrogens is 492 g/mol. The van der Waals surface area contributed by atoms with Crippen molar-refractivity contribution >= 4 is 11.6 Å². The van der Waals surface area contributed by atoms with Crippen molar-refractivity contribution in [2.24, 2.45) is 10.8 Å². The summed E-state index contributed by atoms with van der Waals surface area (Å²) in [6.45, 7) is 8.64. The molecule has 13 heteroatoms. The predicted octanol–water partition coefficient (Wildman–Crippen LogP) is 2.03. The Bertz CT molecular complexity index is 530. The monoisotopic (exact) mass is 518 g/mol. The van der Waals surface area contributed by atoms with E-state index >= 15 is 0 Å². The Hall–Kier alpha value is -1.46. The number of allylic oxidation sites excluding steroid dienone is 4. The van der Waals surface area contributed by atoms with Crippen LogP contribution < -0.4 is 10.2 Å². The van der Waals surface area contributed by atoms with Crippen molar-refractivity contribution in [3.8, 4) is 0 Å². The summed E-state index contributed by atoms with van der Waals surface area (Å²) in [6.07, 6.45) is -9.72. The van der Waals surface area contributed by atoms with Gasteiger partial charge in [0.05, 0.1) is 0 Å². The molecule has 0 fully saturated rings. The van der Waals surface area contributed by atoms with Crippen LogP contribution in [0.1, 0.15) is 41.5 Å². The molecule has 0 saturated heterocycles. The quantitative estimate of drug-likeness (QED) is 0.249. The molecule has 0 unspecified atom stereocenters. The second kappa shape index (κ2) is 16.2. The number of hydrogen-bond acceptors (Lipinski definition) is 6. The van der Waals surface area contributed by atoms with Crippen molar-refractivity contribution in [2.45, 2.75) is 53.9 Å². The van der Waals surface area contributed by atoms with Crippen molar-refractivity contribution in [1.82, 2.24) is 0 Å². The number of carbonyl (C=O) groups is 2. The molecule has 0 radical (unpaired) electrons. The van der Waals surface area contributed by atoms with Crippen LogP contribution in [0.5, 0.6) is 0 Å². The van der Waals surface area contributed by atoms with Crippen LogP contribution >= 0.6 is 0 Å². The minimum atomic E-state index is -4.96. The summed E-state index contributed by atoms with van der Waals surface area (Å²) >= 11 is 0. The van der Waals surface area contributed by atoms with Crippen LogP contribution in [0.15, 0.2) is 23.7 Å². The molecule has 2 N–H and O–H groups in total. The predicted molar refractivity (Wildman–Crippen MR) is 93.5 cm³/mol. The van der Waals surface area contributed by atoms with Gasteiger partial charge in [0.25, 0.3) is 0 Å². The molecule has 0 atom stereocenters. The van der Waals surface area contributed by atoms with Crippen molar-refractivity contribution in [1.29, 1.82) is 0 Å². The van der Waals surface area contributed by atoms with E-state index in [1.54, 1.807) is 0 Å². The van der Waals surface area contributed by atoms with Crippen LogP contribution in [0.4, 0.5) is 26.3 Å². The van der Waals surface area contributed by atoms with Gasteiger partial charge in [-0.2, -0.15) is 26.3 Å². The van der Waals surface area contributed by atoms with Crippen LogP contribution in [-0.2, 0) is 29.1 Å². The summed E-state index contributed by atoms with van der Waals surface area (Å²) in [5, 5.41) is 34.6. The third-order valence-electron chi connectivity index (χ3n) is 2.56. The molecule has 0 aliphatic heterocycles. The Morgan fingerprint density at radius 1 is 0.613 bits per heavy atom. The summed E-state index contributed by atoms with van der Waals surface area (Å²) in [6, 6.07) is 0. The summed E-state index contributed by atoms with van der Waals surface area (Å²) < 4.78 is 70.0. The second-order valence-electron chi connectivity index (χ2n) is 7.24. The maximum Gasteiger partial charge on any atom is 2.00 e. The number of carbonyl (C=O) groups excluding carboxylic acids is 2. The SMILES string of the molecule is CC(C)(C)C(=O)/C=C(\[O-])C(F)(F)F.CC(C)(C)C(=O)/C=C(\[O-])C(F)(F)F.CO.CO.[Zn+2]. The van der Waals surface area contributed by atoms with Gasteiger partial charge < -0.3 is 20.4 Å². The zero-order valence-electron chi connectivity index (χ0n) is 18.7. The zero-order chi connectivity index (χ0) is 25.7. The first kappa shape index (κ1) is 40.0. The van der Waals surface area contributed by atoms with Crippen LogP contribution in [0, 0.1) is 10.8 Å². The molecule has 31 heavy (non-hydrogen) atoms. The summed E-state index contributed by atoms with van der Waals surface area (Å²) in [5.41, 5.74) is -1.91. The molecule has 0 aromatic rings. The van der Waals surface area contributed by atoms with Gasteiger partial charge in [-0.25, -0.2) is 0 Å². The maximum absolute atomic E-state index is 11.7. The van der Waals surface area contributed by atoms with Crippen molar-refractivity contribution in [3.05, 3.63) is 23.7 Å². The Morgan fingerprint density at radius 2 is 0.774 bits per heavy atom. The number of alkyl halides is 6. The average molecular weight is 520 g/mol. The number of rotatable bonds is 2. The zero-order valence-corrected chi connectivity index (χ0v) is 21.6. The minimum absolute atomic E-state index is 0. The molecule has 0 bridgehead atoms. The van der Waals surface area contributed by atoms with Gasteiger partial charge in [0.2, 0.25) is 0 Å². The van der Waals surface area contributed by atoms with E-state index in [1.807, 2.05) is 0 Å². The first-order chi connectivity index (χ1) is 13.1. The molecule has 0 amide bonds. The normalized spacial score (nSPS) is 12.5. The van der Waals surface area contributed by atoms with E-state index in [0.717, 1.165) is 14.2 Å². The molecule has 0 rings (SSSR count). The third kappa shape index (κ3) is 21.6. The summed E-state index contributed by atoms with van der Waals surface area (Å²) in [5.74, 6) is -5.86. The molecule has 180 valence electrons. The van der Waals surface area contributed by atoms with Gasteiger partial charge in [0.15, 0.2) is 11.6 Å². The fourth-order valence-corrected chi connectivity index (χ4v) is 0.835. The van der Waals surface area contributed by atoms with E-state index in [1.165, 1.54) is 41.5 Å². The Kier molecular flexibility index (Phi) is 20.9. The van der Waals surface area contributed by atoms with Crippen molar-refractivity contribution < 1.29 is 75.8 Å². The largest absolute Gasteiger partial charge is 2.00 e. The van der Waals surface area contributed by atoms with Gasteiger partial charge in [0.1, 0.15) is 0 Å². The van der Waals surface area contributed by atoms with E-state index in [9.17, 15) is 46.1 Å². The molecule has 0 aliphatic rings. The summed E-state index contributed by atoms with van der Waals surface area (Å²) in [4.78, 5) is 21.9. The van der Waals surface area contributed by atoms with E-state index in [2.05, 4.69) is 0 Å².